The van der Waals surface area contributed by atoms with Gasteiger partial charge in [-0.25, -0.2) is 9.69 Å². The van der Waals surface area contributed by atoms with E-state index in [4.69, 9.17) is 16.7 Å². The number of benzene rings is 2. The lowest BCUT2D eigenvalue weighted by Crippen LogP contribution is -2.35. The molecule has 0 spiro atoms. The molecule has 2 N–H and O–H groups in total. The molecule has 152 valence electrons. The van der Waals surface area contributed by atoms with Gasteiger partial charge in [-0.15, -0.1) is 0 Å². The summed E-state index contributed by atoms with van der Waals surface area (Å²) < 4.78 is 2.10. The van der Waals surface area contributed by atoms with Gasteiger partial charge in [0.1, 0.15) is 12.2 Å². The van der Waals surface area contributed by atoms with E-state index in [0.717, 1.165) is 27.7 Å². The lowest BCUT2D eigenvalue weighted by molar-refractivity contribution is -0.140. The molecule has 1 aliphatic heterocycles. The number of imide groups is 1. The van der Waals surface area contributed by atoms with Crippen molar-refractivity contribution in [1.82, 2.24) is 14.8 Å². The standard InChI is InChI=1S/C22H18ClN3O4/c1-13-16(10-18-21(29)26(12-20(27)28)22(30)24-18)15-7-3-5-9-19(15)25(13)11-14-6-2-4-8-17(14)23/h2-10H,11-12H2,1H3,(H,24,30)(H,27,28)/b18-10+. The number of carboxylic acids is 1. The van der Waals surface area contributed by atoms with Gasteiger partial charge in [-0.1, -0.05) is 48.0 Å². The highest BCUT2D eigenvalue weighted by atomic mass is 35.5. The van der Waals surface area contributed by atoms with Crippen LogP contribution in [0.25, 0.3) is 17.0 Å². The Morgan fingerprint density at radius 1 is 1.13 bits per heavy atom. The normalized spacial score (nSPS) is 15.3. The smallest absolute Gasteiger partial charge is 0.329 e. The van der Waals surface area contributed by atoms with Crippen molar-refractivity contribution in [2.24, 2.45) is 0 Å². The SMILES string of the molecule is Cc1c(/C=C2/NC(=O)N(CC(=O)O)C2=O)c2ccccc2n1Cc1ccccc1Cl. The summed E-state index contributed by atoms with van der Waals surface area (Å²) in [6, 6.07) is 14.6. The zero-order valence-corrected chi connectivity index (χ0v) is 16.8. The van der Waals surface area contributed by atoms with E-state index >= 15 is 0 Å². The minimum atomic E-state index is -1.26. The molecule has 0 aliphatic carbocycles. The zero-order chi connectivity index (χ0) is 21.4. The average Bonchev–Trinajstić information content (AvgIpc) is 3.12. The van der Waals surface area contributed by atoms with Crippen LogP contribution in [0.2, 0.25) is 5.02 Å². The molecule has 30 heavy (non-hydrogen) atoms. The van der Waals surface area contributed by atoms with Crippen LogP contribution in [0.5, 0.6) is 0 Å². The monoisotopic (exact) mass is 423 g/mol. The third-order valence-electron chi connectivity index (χ3n) is 5.11. The summed E-state index contributed by atoms with van der Waals surface area (Å²) in [5, 5.41) is 13.0. The maximum atomic E-state index is 12.5. The quantitative estimate of drug-likeness (QED) is 0.484. The lowest BCUT2D eigenvalue weighted by atomic mass is 10.1. The number of rotatable bonds is 5. The minimum absolute atomic E-state index is 0.0463. The molecule has 8 heteroatoms. The Morgan fingerprint density at radius 3 is 2.57 bits per heavy atom. The Kier molecular flexibility index (Phi) is 5.05. The first-order valence-electron chi connectivity index (χ1n) is 9.24. The second-order valence-electron chi connectivity index (χ2n) is 6.97. The van der Waals surface area contributed by atoms with Gasteiger partial charge in [0.25, 0.3) is 5.91 Å². The van der Waals surface area contributed by atoms with Crippen LogP contribution in [0.1, 0.15) is 16.8 Å². The second kappa shape index (κ2) is 7.68. The number of carbonyl (C=O) groups excluding carboxylic acids is 2. The van der Waals surface area contributed by atoms with Gasteiger partial charge >= 0.3 is 12.0 Å². The molecule has 1 saturated heterocycles. The number of hydrogen-bond donors (Lipinski definition) is 2. The molecule has 7 nitrogen and oxygen atoms in total. The highest BCUT2D eigenvalue weighted by molar-refractivity contribution is 6.31. The highest BCUT2D eigenvalue weighted by Gasteiger charge is 2.35. The molecule has 0 bridgehead atoms. The van der Waals surface area contributed by atoms with Gasteiger partial charge in [-0.05, 0) is 30.7 Å². The van der Waals surface area contributed by atoms with Crippen LogP contribution in [0.3, 0.4) is 0 Å². The summed E-state index contributed by atoms with van der Waals surface area (Å²) in [4.78, 5) is 36.2. The van der Waals surface area contributed by atoms with Crippen molar-refractivity contribution in [3.8, 4) is 0 Å². The van der Waals surface area contributed by atoms with Gasteiger partial charge in [0.15, 0.2) is 0 Å². The van der Waals surface area contributed by atoms with Gasteiger partial charge in [0.2, 0.25) is 0 Å². The number of aromatic nitrogens is 1. The van der Waals surface area contributed by atoms with Crippen LogP contribution in [-0.2, 0) is 16.1 Å². The molecule has 2 heterocycles. The minimum Gasteiger partial charge on any atom is -0.480 e. The Bertz CT molecular complexity index is 1230. The molecule has 1 aromatic heterocycles. The van der Waals surface area contributed by atoms with Crippen molar-refractivity contribution in [3.05, 3.63) is 76.1 Å². The van der Waals surface area contributed by atoms with Crippen LogP contribution in [0.15, 0.2) is 54.2 Å². The highest BCUT2D eigenvalue weighted by Crippen LogP contribution is 2.30. The van der Waals surface area contributed by atoms with E-state index in [2.05, 4.69) is 9.88 Å². The summed E-state index contributed by atoms with van der Waals surface area (Å²) in [6.45, 7) is 1.79. The first-order valence-corrected chi connectivity index (χ1v) is 9.62. The zero-order valence-electron chi connectivity index (χ0n) is 16.1. The van der Waals surface area contributed by atoms with Crippen LogP contribution in [0, 0.1) is 6.92 Å². The number of carboxylic acid groups (broad SMARTS) is 1. The number of carbonyl (C=O) groups is 3. The van der Waals surface area contributed by atoms with Crippen molar-refractivity contribution in [2.75, 3.05) is 6.54 Å². The third-order valence-corrected chi connectivity index (χ3v) is 5.48. The maximum absolute atomic E-state index is 12.5. The number of aliphatic carboxylic acids is 1. The Morgan fingerprint density at radius 2 is 1.83 bits per heavy atom. The number of hydrogen-bond acceptors (Lipinski definition) is 3. The molecule has 4 rings (SSSR count). The largest absolute Gasteiger partial charge is 0.480 e. The van der Waals surface area contributed by atoms with E-state index in [1.807, 2.05) is 55.5 Å². The molecule has 1 fully saturated rings. The number of fused-ring (bicyclic) bond motifs is 1. The fourth-order valence-corrected chi connectivity index (χ4v) is 3.83. The first-order chi connectivity index (χ1) is 14.4. The van der Waals surface area contributed by atoms with Crippen molar-refractivity contribution >= 4 is 46.5 Å². The van der Waals surface area contributed by atoms with Crippen LogP contribution >= 0.6 is 11.6 Å². The number of urea groups is 1. The number of halogens is 1. The molecular formula is C22H18ClN3O4. The van der Waals surface area contributed by atoms with Crippen LogP contribution in [-0.4, -0.2) is 39.0 Å². The number of nitrogens with one attached hydrogen (secondary N) is 1. The molecule has 0 radical (unpaired) electrons. The average molecular weight is 424 g/mol. The van der Waals surface area contributed by atoms with Gasteiger partial charge < -0.3 is 15.0 Å². The fraction of sp³-hybridized carbons (Fsp3) is 0.136. The first kappa shape index (κ1) is 19.7. The van der Waals surface area contributed by atoms with E-state index in [-0.39, 0.29) is 5.70 Å². The van der Waals surface area contributed by atoms with E-state index in [1.165, 1.54) is 0 Å². The molecule has 0 atom stereocenters. The fourth-order valence-electron chi connectivity index (χ4n) is 3.64. The summed E-state index contributed by atoms with van der Waals surface area (Å²) in [5.74, 6) is -1.92. The van der Waals surface area contributed by atoms with Crippen molar-refractivity contribution in [2.45, 2.75) is 13.5 Å². The van der Waals surface area contributed by atoms with Gasteiger partial charge in [0.05, 0.1) is 0 Å². The van der Waals surface area contributed by atoms with E-state index in [1.54, 1.807) is 6.08 Å². The molecule has 3 aromatic rings. The topological polar surface area (TPSA) is 91.6 Å². The molecule has 2 aromatic carbocycles. The number of amides is 3. The summed E-state index contributed by atoms with van der Waals surface area (Å²) in [5.41, 5.74) is 3.63. The molecular weight excluding hydrogens is 406 g/mol. The van der Waals surface area contributed by atoms with Crippen molar-refractivity contribution in [1.29, 1.82) is 0 Å². The van der Waals surface area contributed by atoms with E-state index < -0.39 is 24.5 Å². The number of para-hydroxylation sites is 1. The summed E-state index contributed by atoms with van der Waals surface area (Å²) >= 11 is 6.34. The second-order valence-corrected chi connectivity index (χ2v) is 7.37. The van der Waals surface area contributed by atoms with Crippen LogP contribution in [0.4, 0.5) is 4.79 Å². The molecule has 0 unspecified atom stereocenters. The van der Waals surface area contributed by atoms with Crippen LogP contribution < -0.4 is 5.32 Å². The Labute approximate surface area is 177 Å². The maximum Gasteiger partial charge on any atom is 0.329 e. The van der Waals surface area contributed by atoms with Crippen molar-refractivity contribution in [3.63, 3.8) is 0 Å². The van der Waals surface area contributed by atoms with Gasteiger partial charge in [0, 0.05) is 33.7 Å². The predicted octanol–water partition coefficient (Wildman–Crippen LogP) is 3.63. The summed E-state index contributed by atoms with van der Waals surface area (Å²) in [7, 11) is 0. The van der Waals surface area contributed by atoms with Gasteiger partial charge in [-0.2, -0.15) is 0 Å². The van der Waals surface area contributed by atoms with Crippen molar-refractivity contribution < 1.29 is 19.5 Å². The Balaban J connectivity index is 1.79. The lowest BCUT2D eigenvalue weighted by Gasteiger charge is -2.10. The third kappa shape index (κ3) is 3.44. The van der Waals surface area contributed by atoms with E-state index in [0.29, 0.717) is 16.5 Å². The predicted molar refractivity (Wildman–Crippen MR) is 113 cm³/mol. The molecule has 3 amide bonds. The molecule has 0 saturated carbocycles. The van der Waals surface area contributed by atoms with Gasteiger partial charge in [-0.3, -0.25) is 9.59 Å². The Hall–Kier alpha value is -3.58. The molecule has 1 aliphatic rings. The summed E-state index contributed by atoms with van der Waals surface area (Å²) in [6.07, 6.45) is 1.60. The number of nitrogens with zero attached hydrogens (tertiary/aromatic N) is 2. The van der Waals surface area contributed by atoms with E-state index in [9.17, 15) is 14.4 Å².